The van der Waals surface area contributed by atoms with Crippen LogP contribution in [0, 0.1) is 0 Å². The number of hydrogen-bond acceptors (Lipinski definition) is 3. The number of alkyl halides is 2. The summed E-state index contributed by atoms with van der Waals surface area (Å²) < 4.78 is 29.2. The zero-order valence-electron chi connectivity index (χ0n) is 12.2. The third-order valence-corrected chi connectivity index (χ3v) is 4.10. The van der Waals surface area contributed by atoms with Crippen molar-refractivity contribution in [2.75, 3.05) is 6.26 Å². The highest BCUT2D eigenvalue weighted by atomic mass is 35.5. The average Bonchev–Trinajstić information content (AvgIpc) is 2.53. The van der Waals surface area contributed by atoms with Gasteiger partial charge in [-0.3, -0.25) is 4.79 Å². The first-order valence-corrected chi connectivity index (χ1v) is 8.26. The van der Waals surface area contributed by atoms with Crippen LogP contribution in [0.4, 0.5) is 8.78 Å². The molecule has 0 atom stereocenters. The maximum Gasteiger partial charge on any atom is 0.387 e. The zero-order valence-corrected chi connectivity index (χ0v) is 13.8. The predicted molar refractivity (Wildman–Crippen MR) is 87.5 cm³/mol. The molecule has 23 heavy (non-hydrogen) atoms. The summed E-state index contributed by atoms with van der Waals surface area (Å²) in [5.41, 5.74) is 0.795. The lowest BCUT2D eigenvalue weighted by Crippen LogP contribution is -2.23. The Balaban J connectivity index is 2.11. The SMILES string of the molecule is CSc1ccc(Cl)c(C(=O)NCc2ccccc2OC(F)F)c1. The van der Waals surface area contributed by atoms with Crippen molar-refractivity contribution in [3.05, 3.63) is 58.6 Å². The summed E-state index contributed by atoms with van der Waals surface area (Å²) in [4.78, 5) is 13.2. The van der Waals surface area contributed by atoms with E-state index in [2.05, 4.69) is 10.1 Å². The first-order chi connectivity index (χ1) is 11.0. The van der Waals surface area contributed by atoms with E-state index in [1.165, 1.54) is 17.8 Å². The molecule has 0 saturated heterocycles. The Morgan fingerprint density at radius 3 is 2.74 bits per heavy atom. The van der Waals surface area contributed by atoms with Crippen LogP contribution in [0.3, 0.4) is 0 Å². The molecule has 0 unspecified atom stereocenters. The molecule has 0 aliphatic heterocycles. The van der Waals surface area contributed by atoms with Gasteiger partial charge in [0.1, 0.15) is 5.75 Å². The highest BCUT2D eigenvalue weighted by Crippen LogP contribution is 2.24. The van der Waals surface area contributed by atoms with Gasteiger partial charge in [-0.1, -0.05) is 29.8 Å². The number of carbonyl (C=O) groups excluding carboxylic acids is 1. The minimum Gasteiger partial charge on any atom is -0.434 e. The van der Waals surface area contributed by atoms with Crippen LogP contribution in [-0.4, -0.2) is 18.8 Å². The number of hydrogen-bond donors (Lipinski definition) is 1. The number of ether oxygens (including phenoxy) is 1. The number of nitrogens with one attached hydrogen (secondary N) is 1. The van der Waals surface area contributed by atoms with E-state index < -0.39 is 6.61 Å². The highest BCUT2D eigenvalue weighted by molar-refractivity contribution is 7.98. The lowest BCUT2D eigenvalue weighted by molar-refractivity contribution is -0.0504. The summed E-state index contributed by atoms with van der Waals surface area (Å²) in [7, 11) is 0. The Hall–Kier alpha value is -1.79. The van der Waals surface area contributed by atoms with Crippen molar-refractivity contribution < 1.29 is 18.3 Å². The molecule has 0 aromatic heterocycles. The second-order valence-electron chi connectivity index (χ2n) is 4.51. The minimum absolute atomic E-state index is 0.0340. The first kappa shape index (κ1) is 17.6. The van der Waals surface area contributed by atoms with Crippen LogP contribution < -0.4 is 10.1 Å². The third kappa shape index (κ3) is 4.84. The van der Waals surface area contributed by atoms with Crippen LogP contribution in [0.1, 0.15) is 15.9 Å². The molecule has 0 bridgehead atoms. The first-order valence-electron chi connectivity index (χ1n) is 6.65. The van der Waals surface area contributed by atoms with Crippen LogP contribution >= 0.6 is 23.4 Å². The quantitative estimate of drug-likeness (QED) is 0.768. The molecular formula is C16H14ClF2NO2S. The van der Waals surface area contributed by atoms with Crippen molar-refractivity contribution in [1.29, 1.82) is 0 Å². The predicted octanol–water partition coefficient (Wildman–Crippen LogP) is 4.59. The molecule has 1 N–H and O–H groups in total. The molecule has 7 heteroatoms. The summed E-state index contributed by atoms with van der Waals surface area (Å²) in [5.74, 6) is -0.343. The molecule has 0 saturated carbocycles. The smallest absolute Gasteiger partial charge is 0.387 e. The highest BCUT2D eigenvalue weighted by Gasteiger charge is 2.13. The Morgan fingerprint density at radius 1 is 1.30 bits per heavy atom. The standard InChI is InChI=1S/C16H14ClF2NO2S/c1-23-11-6-7-13(17)12(8-11)15(21)20-9-10-4-2-3-5-14(10)22-16(18)19/h2-8,16H,9H2,1H3,(H,20,21). The Bertz CT molecular complexity index is 698. The minimum atomic E-state index is -2.92. The summed E-state index contributed by atoms with van der Waals surface area (Å²) >= 11 is 7.53. The van der Waals surface area contributed by atoms with Gasteiger partial charge in [0.15, 0.2) is 0 Å². The van der Waals surface area contributed by atoms with E-state index in [0.717, 1.165) is 4.90 Å². The normalized spacial score (nSPS) is 10.7. The van der Waals surface area contributed by atoms with Crippen molar-refractivity contribution in [3.8, 4) is 5.75 Å². The van der Waals surface area contributed by atoms with Crippen molar-refractivity contribution in [2.45, 2.75) is 18.1 Å². The molecule has 2 aromatic carbocycles. The van der Waals surface area contributed by atoms with Crippen LogP contribution in [0.15, 0.2) is 47.4 Å². The average molecular weight is 358 g/mol. The Labute approximate surface area is 142 Å². The summed E-state index contributed by atoms with van der Waals surface area (Å²) in [6.45, 7) is -2.86. The fourth-order valence-corrected chi connectivity index (χ4v) is 2.58. The molecule has 0 spiro atoms. The van der Waals surface area contributed by atoms with Gasteiger partial charge in [0.2, 0.25) is 0 Å². The lowest BCUT2D eigenvalue weighted by atomic mass is 10.1. The second-order valence-corrected chi connectivity index (χ2v) is 5.80. The number of benzene rings is 2. The van der Waals surface area contributed by atoms with E-state index in [0.29, 0.717) is 16.1 Å². The molecule has 0 radical (unpaired) electrons. The van der Waals surface area contributed by atoms with Crippen molar-refractivity contribution in [1.82, 2.24) is 5.32 Å². The molecule has 0 aliphatic carbocycles. The van der Waals surface area contributed by atoms with Gasteiger partial charge in [-0.25, -0.2) is 0 Å². The van der Waals surface area contributed by atoms with Crippen LogP contribution in [0.25, 0.3) is 0 Å². The molecular weight excluding hydrogens is 344 g/mol. The number of rotatable bonds is 6. The van der Waals surface area contributed by atoms with Crippen molar-refractivity contribution in [3.63, 3.8) is 0 Å². The van der Waals surface area contributed by atoms with E-state index in [9.17, 15) is 13.6 Å². The van der Waals surface area contributed by atoms with Gasteiger partial charge in [0.05, 0.1) is 10.6 Å². The lowest BCUT2D eigenvalue weighted by Gasteiger charge is -2.12. The molecule has 122 valence electrons. The molecule has 0 fully saturated rings. The van der Waals surface area contributed by atoms with Gasteiger partial charge in [0.25, 0.3) is 5.91 Å². The van der Waals surface area contributed by atoms with E-state index >= 15 is 0 Å². The number of thioether (sulfide) groups is 1. The number of halogens is 3. The van der Waals surface area contributed by atoms with Crippen molar-refractivity contribution in [2.24, 2.45) is 0 Å². The van der Waals surface area contributed by atoms with Gasteiger partial charge in [-0.05, 0) is 30.5 Å². The van der Waals surface area contributed by atoms with Crippen LogP contribution in [0.2, 0.25) is 5.02 Å². The molecule has 3 nitrogen and oxygen atoms in total. The summed E-state index contributed by atoms with van der Waals surface area (Å²) in [6.07, 6.45) is 1.89. The van der Waals surface area contributed by atoms with Gasteiger partial charge in [0, 0.05) is 17.0 Å². The zero-order chi connectivity index (χ0) is 16.8. The third-order valence-electron chi connectivity index (χ3n) is 3.05. The van der Waals surface area contributed by atoms with E-state index in [-0.39, 0.29) is 18.2 Å². The molecule has 2 aromatic rings. The fraction of sp³-hybridized carbons (Fsp3) is 0.188. The van der Waals surface area contributed by atoms with Crippen LogP contribution in [-0.2, 0) is 6.54 Å². The van der Waals surface area contributed by atoms with E-state index in [1.54, 1.807) is 30.3 Å². The summed E-state index contributed by atoms with van der Waals surface area (Å²) in [5, 5.41) is 2.99. The molecule has 0 heterocycles. The Morgan fingerprint density at radius 2 is 2.04 bits per heavy atom. The second kappa shape index (κ2) is 8.17. The maximum atomic E-state index is 12.4. The van der Waals surface area contributed by atoms with Gasteiger partial charge < -0.3 is 10.1 Å². The largest absolute Gasteiger partial charge is 0.434 e. The monoisotopic (exact) mass is 357 g/mol. The van der Waals surface area contributed by atoms with E-state index in [4.69, 9.17) is 11.6 Å². The van der Waals surface area contributed by atoms with Gasteiger partial charge in [-0.15, -0.1) is 11.8 Å². The van der Waals surface area contributed by atoms with Gasteiger partial charge >= 0.3 is 6.61 Å². The topological polar surface area (TPSA) is 38.3 Å². The van der Waals surface area contributed by atoms with E-state index in [1.807, 2.05) is 12.3 Å². The maximum absolute atomic E-state index is 12.4. The molecule has 0 aliphatic rings. The van der Waals surface area contributed by atoms with Crippen molar-refractivity contribution >= 4 is 29.3 Å². The Kier molecular flexibility index (Phi) is 6.24. The molecule has 1 amide bonds. The number of para-hydroxylation sites is 1. The molecule has 2 rings (SSSR count). The fourth-order valence-electron chi connectivity index (χ4n) is 1.94. The van der Waals surface area contributed by atoms with Crippen LogP contribution in [0.5, 0.6) is 5.75 Å². The number of carbonyl (C=O) groups is 1. The number of amides is 1. The van der Waals surface area contributed by atoms with Gasteiger partial charge in [-0.2, -0.15) is 8.78 Å². The summed E-state index contributed by atoms with van der Waals surface area (Å²) in [6, 6.07) is 11.4.